The summed E-state index contributed by atoms with van der Waals surface area (Å²) in [6, 6.07) is 9.56. The molecule has 3 N–H and O–H groups in total. The minimum absolute atomic E-state index is 0.0563. The van der Waals surface area contributed by atoms with Gasteiger partial charge in [0.25, 0.3) is 5.91 Å². The molecular formula is C15H18N4O. The molecule has 5 nitrogen and oxygen atoms in total. The number of benzene rings is 1. The molecule has 2 aromatic rings. The van der Waals surface area contributed by atoms with Crippen molar-refractivity contribution in [3.63, 3.8) is 0 Å². The van der Waals surface area contributed by atoms with E-state index in [0.29, 0.717) is 17.4 Å². The maximum absolute atomic E-state index is 12.4. The number of pyridine rings is 1. The third-order valence-electron chi connectivity index (χ3n) is 3.67. The van der Waals surface area contributed by atoms with Crippen LogP contribution < -0.4 is 11.3 Å². The second kappa shape index (κ2) is 5.09. The fraction of sp³-hybridized carbons (Fsp3) is 0.333. The van der Waals surface area contributed by atoms with E-state index in [-0.39, 0.29) is 5.91 Å². The molecule has 0 unspecified atom stereocenters. The van der Waals surface area contributed by atoms with Crippen LogP contribution >= 0.6 is 0 Å². The number of amides is 1. The molecule has 0 aliphatic heterocycles. The van der Waals surface area contributed by atoms with Crippen LogP contribution in [0.1, 0.15) is 23.3 Å². The van der Waals surface area contributed by atoms with Crippen molar-refractivity contribution in [3.05, 3.63) is 36.0 Å². The maximum Gasteiger partial charge on any atom is 0.272 e. The third kappa shape index (κ3) is 2.44. The number of hydrogen-bond acceptors (Lipinski definition) is 4. The fourth-order valence-corrected chi connectivity index (χ4v) is 2.38. The highest BCUT2D eigenvalue weighted by Gasteiger charge is 2.26. The number of hydrogen-bond donors (Lipinski definition) is 2. The van der Waals surface area contributed by atoms with Crippen molar-refractivity contribution in [2.45, 2.75) is 12.8 Å². The zero-order valence-electron chi connectivity index (χ0n) is 11.5. The lowest BCUT2D eigenvalue weighted by Gasteiger charge is -2.17. The van der Waals surface area contributed by atoms with Crippen molar-refractivity contribution in [1.82, 2.24) is 9.88 Å². The third-order valence-corrected chi connectivity index (χ3v) is 3.67. The van der Waals surface area contributed by atoms with Gasteiger partial charge in [0.05, 0.1) is 0 Å². The first kappa shape index (κ1) is 12.9. The summed E-state index contributed by atoms with van der Waals surface area (Å²) >= 11 is 0. The quantitative estimate of drug-likeness (QED) is 0.658. The van der Waals surface area contributed by atoms with Crippen LogP contribution in [0, 0.1) is 5.92 Å². The Kier molecular flexibility index (Phi) is 3.28. The van der Waals surface area contributed by atoms with Gasteiger partial charge in [0.15, 0.2) is 0 Å². The van der Waals surface area contributed by atoms with Gasteiger partial charge >= 0.3 is 0 Å². The SMILES string of the molecule is CN(CC1CC1)C(=O)c1cc2ccccc2c(NN)n1. The van der Waals surface area contributed by atoms with Gasteiger partial charge in [-0.05, 0) is 30.2 Å². The smallest absolute Gasteiger partial charge is 0.272 e. The molecule has 0 radical (unpaired) electrons. The average Bonchev–Trinajstić information content (AvgIpc) is 3.29. The van der Waals surface area contributed by atoms with Gasteiger partial charge in [-0.25, -0.2) is 10.8 Å². The zero-order valence-corrected chi connectivity index (χ0v) is 11.5. The van der Waals surface area contributed by atoms with E-state index in [0.717, 1.165) is 17.3 Å². The van der Waals surface area contributed by atoms with Gasteiger partial charge in [-0.2, -0.15) is 0 Å². The number of nitrogens with one attached hydrogen (secondary N) is 1. The number of carbonyl (C=O) groups excluding carboxylic acids is 1. The largest absolute Gasteiger partial charge is 0.340 e. The van der Waals surface area contributed by atoms with E-state index < -0.39 is 0 Å². The van der Waals surface area contributed by atoms with E-state index in [1.807, 2.05) is 37.4 Å². The van der Waals surface area contributed by atoms with Crippen LogP contribution in [0.3, 0.4) is 0 Å². The summed E-state index contributed by atoms with van der Waals surface area (Å²) in [6.07, 6.45) is 2.44. The van der Waals surface area contributed by atoms with E-state index in [2.05, 4.69) is 10.4 Å². The lowest BCUT2D eigenvalue weighted by atomic mass is 10.1. The molecule has 1 aromatic heterocycles. The predicted octanol–water partition coefficient (Wildman–Crippen LogP) is 2.00. The Balaban J connectivity index is 1.95. The number of nitrogens with zero attached hydrogens (tertiary/aromatic N) is 2. The monoisotopic (exact) mass is 270 g/mol. The van der Waals surface area contributed by atoms with Gasteiger partial charge in [0.1, 0.15) is 11.5 Å². The molecule has 0 atom stereocenters. The first-order chi connectivity index (χ1) is 9.69. The van der Waals surface area contributed by atoms with Gasteiger partial charge in [-0.15, -0.1) is 0 Å². The summed E-state index contributed by atoms with van der Waals surface area (Å²) in [4.78, 5) is 18.5. The predicted molar refractivity (Wildman–Crippen MR) is 79.2 cm³/mol. The van der Waals surface area contributed by atoms with Gasteiger partial charge in [0.2, 0.25) is 0 Å². The Labute approximate surface area is 117 Å². The molecule has 1 saturated carbocycles. The Morgan fingerprint density at radius 2 is 2.20 bits per heavy atom. The summed E-state index contributed by atoms with van der Waals surface area (Å²) in [5.74, 6) is 6.66. The standard InChI is InChI=1S/C15H18N4O/c1-19(9-10-6-7-10)15(20)13-8-11-4-2-3-5-12(11)14(17-13)18-16/h2-5,8,10H,6-7,9,16H2,1H3,(H,17,18). The highest BCUT2D eigenvalue weighted by atomic mass is 16.2. The maximum atomic E-state index is 12.4. The highest BCUT2D eigenvalue weighted by molar-refractivity contribution is 6.00. The average molecular weight is 270 g/mol. The number of hydrazine groups is 1. The number of aromatic nitrogens is 1. The van der Waals surface area contributed by atoms with Crippen molar-refractivity contribution in [2.75, 3.05) is 19.0 Å². The number of carbonyl (C=O) groups is 1. The van der Waals surface area contributed by atoms with Gasteiger partial charge in [0, 0.05) is 19.0 Å². The molecule has 1 aliphatic carbocycles. The molecule has 3 rings (SSSR count). The van der Waals surface area contributed by atoms with Crippen molar-refractivity contribution >= 4 is 22.5 Å². The normalized spacial score (nSPS) is 14.3. The summed E-state index contributed by atoms with van der Waals surface area (Å²) in [5.41, 5.74) is 3.01. The molecule has 0 saturated heterocycles. The zero-order chi connectivity index (χ0) is 14.1. The molecule has 104 valence electrons. The molecule has 1 fully saturated rings. The minimum Gasteiger partial charge on any atom is -0.340 e. The number of nitrogen functional groups attached to an aromatic ring is 1. The van der Waals surface area contributed by atoms with Crippen LogP contribution in [0.5, 0.6) is 0 Å². The lowest BCUT2D eigenvalue weighted by Crippen LogP contribution is -2.29. The molecule has 20 heavy (non-hydrogen) atoms. The second-order valence-electron chi connectivity index (χ2n) is 5.35. The summed E-state index contributed by atoms with van der Waals surface area (Å²) in [6.45, 7) is 0.804. The van der Waals surface area contributed by atoms with E-state index in [9.17, 15) is 4.79 Å². The summed E-state index contributed by atoms with van der Waals surface area (Å²) in [7, 11) is 1.83. The van der Waals surface area contributed by atoms with Crippen molar-refractivity contribution in [3.8, 4) is 0 Å². The number of anilines is 1. The van der Waals surface area contributed by atoms with Crippen LogP contribution in [-0.4, -0.2) is 29.4 Å². The molecule has 5 heteroatoms. The lowest BCUT2D eigenvalue weighted by molar-refractivity contribution is 0.0783. The molecule has 1 aromatic carbocycles. The summed E-state index contributed by atoms with van der Waals surface area (Å²) < 4.78 is 0. The van der Waals surface area contributed by atoms with Crippen LogP contribution in [-0.2, 0) is 0 Å². The first-order valence-corrected chi connectivity index (χ1v) is 6.81. The van der Waals surface area contributed by atoms with Gasteiger partial charge in [-0.1, -0.05) is 24.3 Å². The van der Waals surface area contributed by atoms with E-state index in [1.165, 1.54) is 12.8 Å². The van der Waals surface area contributed by atoms with Crippen molar-refractivity contribution < 1.29 is 4.79 Å². The number of nitrogens with two attached hydrogens (primary N) is 1. The van der Waals surface area contributed by atoms with Gasteiger partial charge in [-0.3, -0.25) is 4.79 Å². The van der Waals surface area contributed by atoms with Gasteiger partial charge < -0.3 is 10.3 Å². The molecular weight excluding hydrogens is 252 g/mol. The van der Waals surface area contributed by atoms with Crippen molar-refractivity contribution in [2.24, 2.45) is 11.8 Å². The molecule has 0 spiro atoms. The first-order valence-electron chi connectivity index (χ1n) is 6.81. The Morgan fingerprint density at radius 3 is 2.90 bits per heavy atom. The van der Waals surface area contributed by atoms with Crippen molar-refractivity contribution in [1.29, 1.82) is 0 Å². The van der Waals surface area contributed by atoms with E-state index in [1.54, 1.807) is 4.90 Å². The van der Waals surface area contributed by atoms with Crippen LogP contribution in [0.25, 0.3) is 10.8 Å². The molecule has 0 bridgehead atoms. The Bertz CT molecular complexity index is 651. The van der Waals surface area contributed by atoms with E-state index >= 15 is 0 Å². The topological polar surface area (TPSA) is 71.2 Å². The fourth-order valence-electron chi connectivity index (χ4n) is 2.38. The Morgan fingerprint density at radius 1 is 1.45 bits per heavy atom. The second-order valence-corrected chi connectivity index (χ2v) is 5.35. The molecule has 1 amide bonds. The molecule has 1 heterocycles. The highest BCUT2D eigenvalue weighted by Crippen LogP contribution is 2.30. The summed E-state index contributed by atoms with van der Waals surface area (Å²) in [5, 5.41) is 1.87. The number of fused-ring (bicyclic) bond motifs is 1. The van der Waals surface area contributed by atoms with Crippen LogP contribution in [0.4, 0.5) is 5.82 Å². The Hall–Kier alpha value is -2.14. The van der Waals surface area contributed by atoms with Crippen LogP contribution in [0.15, 0.2) is 30.3 Å². The number of rotatable bonds is 4. The minimum atomic E-state index is -0.0563. The molecule has 1 aliphatic rings. The van der Waals surface area contributed by atoms with E-state index in [4.69, 9.17) is 5.84 Å². The van der Waals surface area contributed by atoms with Crippen LogP contribution in [0.2, 0.25) is 0 Å².